The van der Waals surface area contributed by atoms with Gasteiger partial charge in [-0.1, -0.05) is 0 Å². The molecular formula is C9H10BrNO4. The Morgan fingerprint density at radius 3 is 2.67 bits per heavy atom. The number of rotatable bonds is 4. The number of aliphatic carboxylic acids is 1. The van der Waals surface area contributed by atoms with Gasteiger partial charge in [0, 0.05) is 6.92 Å². The summed E-state index contributed by atoms with van der Waals surface area (Å²) >= 11 is 3.11. The van der Waals surface area contributed by atoms with Crippen molar-refractivity contribution in [2.24, 2.45) is 0 Å². The van der Waals surface area contributed by atoms with E-state index in [4.69, 9.17) is 9.52 Å². The van der Waals surface area contributed by atoms with Crippen molar-refractivity contribution in [1.82, 2.24) is 5.32 Å². The number of carboxylic acid groups (broad SMARTS) is 1. The zero-order valence-electron chi connectivity index (χ0n) is 7.99. The Balaban J connectivity index is 2.80. The number of halogens is 1. The molecule has 1 aromatic heterocycles. The van der Waals surface area contributed by atoms with Gasteiger partial charge in [0.2, 0.25) is 5.91 Å². The van der Waals surface area contributed by atoms with Gasteiger partial charge >= 0.3 is 5.97 Å². The van der Waals surface area contributed by atoms with Gasteiger partial charge in [0.05, 0.1) is 12.5 Å². The predicted octanol–water partition coefficient (Wildman–Crippen LogP) is 1.69. The lowest BCUT2D eigenvalue weighted by Crippen LogP contribution is -2.27. The van der Waals surface area contributed by atoms with E-state index in [1.807, 2.05) is 0 Å². The summed E-state index contributed by atoms with van der Waals surface area (Å²) in [6.07, 6.45) is -0.209. The summed E-state index contributed by atoms with van der Waals surface area (Å²) < 4.78 is 5.68. The van der Waals surface area contributed by atoms with E-state index in [-0.39, 0.29) is 12.3 Å². The topological polar surface area (TPSA) is 79.5 Å². The van der Waals surface area contributed by atoms with Crippen LogP contribution in [0.15, 0.2) is 21.2 Å². The minimum absolute atomic E-state index is 0.209. The van der Waals surface area contributed by atoms with Gasteiger partial charge in [-0.05, 0) is 28.1 Å². The van der Waals surface area contributed by atoms with E-state index in [0.717, 1.165) is 0 Å². The van der Waals surface area contributed by atoms with Gasteiger partial charge in [-0.25, -0.2) is 0 Å². The van der Waals surface area contributed by atoms with Crippen molar-refractivity contribution in [2.75, 3.05) is 0 Å². The molecule has 0 bridgehead atoms. The first-order chi connectivity index (χ1) is 6.99. The lowest BCUT2D eigenvalue weighted by molar-refractivity contribution is -0.137. The molecule has 2 N–H and O–H groups in total. The molecule has 0 saturated carbocycles. The fourth-order valence-corrected chi connectivity index (χ4v) is 1.48. The molecule has 82 valence electrons. The number of carbonyl (C=O) groups excluding carboxylic acids is 1. The maximum absolute atomic E-state index is 10.9. The molecule has 1 rings (SSSR count). The maximum atomic E-state index is 10.9. The highest BCUT2D eigenvalue weighted by atomic mass is 79.9. The molecule has 1 amide bonds. The third-order valence-electron chi connectivity index (χ3n) is 1.69. The second kappa shape index (κ2) is 4.97. The first kappa shape index (κ1) is 11.8. The molecule has 0 radical (unpaired) electrons. The van der Waals surface area contributed by atoms with E-state index in [0.29, 0.717) is 10.4 Å². The van der Waals surface area contributed by atoms with Crippen LogP contribution in [-0.2, 0) is 9.59 Å². The van der Waals surface area contributed by atoms with Crippen molar-refractivity contribution in [2.45, 2.75) is 19.4 Å². The average Bonchev–Trinajstić information content (AvgIpc) is 2.48. The molecule has 5 nitrogen and oxygen atoms in total. The average molecular weight is 276 g/mol. The van der Waals surface area contributed by atoms with Crippen LogP contribution in [0, 0.1) is 0 Å². The Hall–Kier alpha value is -1.30. The molecule has 6 heteroatoms. The summed E-state index contributed by atoms with van der Waals surface area (Å²) in [5.41, 5.74) is 0. The highest BCUT2D eigenvalue weighted by Crippen LogP contribution is 2.22. The summed E-state index contributed by atoms with van der Waals surface area (Å²) in [7, 11) is 0. The Kier molecular flexibility index (Phi) is 3.90. The van der Waals surface area contributed by atoms with Crippen LogP contribution < -0.4 is 5.32 Å². The lowest BCUT2D eigenvalue weighted by Gasteiger charge is -2.12. The number of hydrogen-bond donors (Lipinski definition) is 2. The van der Waals surface area contributed by atoms with E-state index in [1.54, 1.807) is 12.1 Å². The molecule has 0 fully saturated rings. The van der Waals surface area contributed by atoms with Crippen LogP contribution >= 0.6 is 15.9 Å². The second-order valence-electron chi connectivity index (χ2n) is 2.99. The SMILES string of the molecule is CC(=O)N[C@@H](CC(=O)O)c1ccc(Br)o1. The van der Waals surface area contributed by atoms with Gasteiger partial charge in [-0.15, -0.1) is 0 Å². The van der Waals surface area contributed by atoms with Crippen LogP contribution in [-0.4, -0.2) is 17.0 Å². The lowest BCUT2D eigenvalue weighted by atomic mass is 10.1. The normalized spacial score (nSPS) is 12.1. The molecule has 1 aromatic rings. The summed E-state index contributed by atoms with van der Waals surface area (Å²) in [6.45, 7) is 1.33. The first-order valence-electron chi connectivity index (χ1n) is 4.23. The Labute approximate surface area is 94.6 Å². The highest BCUT2D eigenvalue weighted by Gasteiger charge is 2.19. The summed E-state index contributed by atoms with van der Waals surface area (Å²) in [6, 6.07) is 2.63. The standard InChI is InChI=1S/C9H10BrNO4/c1-5(12)11-6(4-9(13)14)7-2-3-8(10)15-7/h2-3,6H,4H2,1H3,(H,11,12)(H,13,14)/t6-/m0/s1. The van der Waals surface area contributed by atoms with Gasteiger partial charge in [0.25, 0.3) is 0 Å². The second-order valence-corrected chi connectivity index (χ2v) is 3.77. The summed E-state index contributed by atoms with van der Waals surface area (Å²) in [5, 5.41) is 11.2. The van der Waals surface area contributed by atoms with E-state index in [9.17, 15) is 9.59 Å². The summed E-state index contributed by atoms with van der Waals surface area (Å²) in [5.74, 6) is -0.880. The van der Waals surface area contributed by atoms with Gasteiger partial charge in [0.15, 0.2) is 4.67 Å². The molecule has 0 aliphatic heterocycles. The smallest absolute Gasteiger partial charge is 0.305 e. The zero-order chi connectivity index (χ0) is 11.4. The monoisotopic (exact) mass is 275 g/mol. The van der Waals surface area contributed by atoms with E-state index >= 15 is 0 Å². The number of nitrogens with one attached hydrogen (secondary N) is 1. The van der Waals surface area contributed by atoms with Crippen LogP contribution in [0.2, 0.25) is 0 Å². The van der Waals surface area contributed by atoms with Crippen LogP contribution in [0.1, 0.15) is 25.1 Å². The van der Waals surface area contributed by atoms with Crippen LogP contribution in [0.5, 0.6) is 0 Å². The Morgan fingerprint density at radius 2 is 2.27 bits per heavy atom. The molecule has 0 aliphatic carbocycles. The van der Waals surface area contributed by atoms with Gasteiger partial charge in [-0.3, -0.25) is 9.59 Å². The quantitative estimate of drug-likeness (QED) is 0.877. The predicted molar refractivity (Wildman–Crippen MR) is 55.2 cm³/mol. The van der Waals surface area contributed by atoms with Gasteiger partial charge < -0.3 is 14.8 Å². The number of carbonyl (C=O) groups is 2. The minimum atomic E-state index is -0.999. The van der Waals surface area contributed by atoms with Crippen molar-refractivity contribution in [3.8, 4) is 0 Å². The number of hydrogen-bond acceptors (Lipinski definition) is 3. The third kappa shape index (κ3) is 3.75. The van der Waals surface area contributed by atoms with E-state index < -0.39 is 12.0 Å². The molecule has 1 heterocycles. The molecule has 0 spiro atoms. The molecule has 0 unspecified atom stereocenters. The Morgan fingerprint density at radius 1 is 1.60 bits per heavy atom. The number of carboxylic acids is 1. The van der Waals surface area contributed by atoms with Crippen LogP contribution in [0.3, 0.4) is 0 Å². The fourth-order valence-electron chi connectivity index (χ4n) is 1.16. The van der Waals surface area contributed by atoms with Crippen molar-refractivity contribution in [1.29, 1.82) is 0 Å². The van der Waals surface area contributed by atoms with Crippen LogP contribution in [0.25, 0.3) is 0 Å². The van der Waals surface area contributed by atoms with E-state index in [2.05, 4.69) is 21.2 Å². The largest absolute Gasteiger partial charge is 0.481 e. The molecule has 15 heavy (non-hydrogen) atoms. The molecular weight excluding hydrogens is 266 g/mol. The molecule has 0 aliphatic rings. The molecule has 0 saturated heterocycles. The molecule has 1 atom stereocenters. The zero-order valence-corrected chi connectivity index (χ0v) is 9.58. The number of amides is 1. The Bertz CT molecular complexity index is 358. The number of furan rings is 1. The minimum Gasteiger partial charge on any atom is -0.481 e. The maximum Gasteiger partial charge on any atom is 0.305 e. The molecule has 0 aromatic carbocycles. The van der Waals surface area contributed by atoms with Crippen LogP contribution in [0.4, 0.5) is 0 Å². The highest BCUT2D eigenvalue weighted by molar-refractivity contribution is 9.10. The fraction of sp³-hybridized carbons (Fsp3) is 0.333. The van der Waals surface area contributed by atoms with Gasteiger partial charge in [0.1, 0.15) is 5.76 Å². The van der Waals surface area contributed by atoms with Gasteiger partial charge in [-0.2, -0.15) is 0 Å². The van der Waals surface area contributed by atoms with Crippen molar-refractivity contribution < 1.29 is 19.1 Å². The summed E-state index contributed by atoms with van der Waals surface area (Å²) in [4.78, 5) is 21.4. The van der Waals surface area contributed by atoms with Crippen molar-refractivity contribution in [3.63, 3.8) is 0 Å². The third-order valence-corrected chi connectivity index (χ3v) is 2.12. The van der Waals surface area contributed by atoms with Crippen molar-refractivity contribution >= 4 is 27.8 Å². The first-order valence-corrected chi connectivity index (χ1v) is 5.02. The van der Waals surface area contributed by atoms with E-state index in [1.165, 1.54) is 6.92 Å². The van der Waals surface area contributed by atoms with Crippen molar-refractivity contribution in [3.05, 3.63) is 22.6 Å².